The Morgan fingerprint density at radius 2 is 1.90 bits per heavy atom. The maximum Gasteiger partial charge on any atom is 0.119 e. The highest BCUT2D eigenvalue weighted by Gasteiger charge is 2.20. The standard InChI is InChI=1S/C17H23NO2/c1-2-17(18,13-19)10-5-11-20-16-9-8-14-6-3-4-7-15(14)12-16/h3-4,6-9,12,19H,2,5,10-11,13,18H2,1H3. The summed E-state index contributed by atoms with van der Waals surface area (Å²) in [6, 6.07) is 14.3. The summed E-state index contributed by atoms with van der Waals surface area (Å²) < 4.78 is 5.76. The second kappa shape index (κ2) is 6.73. The molecule has 0 saturated heterocycles. The van der Waals surface area contributed by atoms with Crippen LogP contribution < -0.4 is 10.5 Å². The number of hydrogen-bond acceptors (Lipinski definition) is 3. The van der Waals surface area contributed by atoms with E-state index < -0.39 is 5.54 Å². The Balaban J connectivity index is 1.87. The Morgan fingerprint density at radius 1 is 1.15 bits per heavy atom. The maximum atomic E-state index is 9.25. The van der Waals surface area contributed by atoms with Crippen molar-refractivity contribution in [2.24, 2.45) is 5.73 Å². The van der Waals surface area contributed by atoms with Gasteiger partial charge in [0.15, 0.2) is 0 Å². The second-order valence-electron chi connectivity index (χ2n) is 5.34. The lowest BCUT2D eigenvalue weighted by molar-refractivity contribution is 0.171. The van der Waals surface area contributed by atoms with Crippen LogP contribution in [0, 0.1) is 0 Å². The molecule has 1 atom stereocenters. The lowest BCUT2D eigenvalue weighted by Crippen LogP contribution is -2.43. The molecule has 0 amide bonds. The lowest BCUT2D eigenvalue weighted by Gasteiger charge is -2.25. The van der Waals surface area contributed by atoms with Crippen LogP contribution >= 0.6 is 0 Å². The molecule has 1 unspecified atom stereocenters. The first kappa shape index (κ1) is 14.8. The van der Waals surface area contributed by atoms with E-state index in [2.05, 4.69) is 24.3 Å². The van der Waals surface area contributed by atoms with E-state index in [1.165, 1.54) is 10.8 Å². The zero-order chi connectivity index (χ0) is 14.4. The van der Waals surface area contributed by atoms with Gasteiger partial charge in [-0.1, -0.05) is 37.3 Å². The molecular weight excluding hydrogens is 250 g/mol. The molecule has 0 radical (unpaired) electrons. The van der Waals surface area contributed by atoms with Crippen LogP contribution in [0.2, 0.25) is 0 Å². The van der Waals surface area contributed by atoms with Gasteiger partial charge >= 0.3 is 0 Å². The smallest absolute Gasteiger partial charge is 0.119 e. The predicted molar refractivity (Wildman–Crippen MR) is 83.0 cm³/mol. The number of nitrogens with two attached hydrogens (primary N) is 1. The van der Waals surface area contributed by atoms with E-state index >= 15 is 0 Å². The van der Waals surface area contributed by atoms with Crippen LogP contribution in [0.25, 0.3) is 10.8 Å². The number of ether oxygens (including phenoxy) is 1. The summed E-state index contributed by atoms with van der Waals surface area (Å²) in [4.78, 5) is 0. The summed E-state index contributed by atoms with van der Waals surface area (Å²) in [6.07, 6.45) is 2.39. The molecule has 3 heteroatoms. The highest BCUT2D eigenvalue weighted by atomic mass is 16.5. The number of hydrogen-bond donors (Lipinski definition) is 2. The van der Waals surface area contributed by atoms with Crippen LogP contribution in [-0.2, 0) is 0 Å². The Hall–Kier alpha value is -1.58. The van der Waals surface area contributed by atoms with Crippen molar-refractivity contribution in [3.05, 3.63) is 42.5 Å². The van der Waals surface area contributed by atoms with Crippen LogP contribution in [0.15, 0.2) is 42.5 Å². The molecule has 0 bridgehead atoms. The summed E-state index contributed by atoms with van der Waals surface area (Å²) in [5, 5.41) is 11.7. The molecular formula is C17H23NO2. The van der Waals surface area contributed by atoms with Crippen molar-refractivity contribution >= 4 is 10.8 Å². The van der Waals surface area contributed by atoms with Crippen LogP contribution in [-0.4, -0.2) is 23.9 Å². The summed E-state index contributed by atoms with van der Waals surface area (Å²) in [5.41, 5.74) is 5.58. The average molecular weight is 273 g/mol. The number of aliphatic hydroxyl groups excluding tert-OH is 1. The quantitative estimate of drug-likeness (QED) is 0.762. The number of aliphatic hydroxyl groups is 1. The fourth-order valence-corrected chi connectivity index (χ4v) is 2.24. The van der Waals surface area contributed by atoms with E-state index in [0.717, 1.165) is 25.0 Å². The first-order valence-corrected chi connectivity index (χ1v) is 7.18. The Labute approximate surface area is 120 Å². The van der Waals surface area contributed by atoms with Gasteiger partial charge in [0.05, 0.1) is 13.2 Å². The largest absolute Gasteiger partial charge is 0.494 e. The van der Waals surface area contributed by atoms with Gasteiger partial charge in [0.1, 0.15) is 5.75 Å². The molecule has 0 saturated carbocycles. The average Bonchev–Trinajstić information content (AvgIpc) is 2.51. The van der Waals surface area contributed by atoms with Gasteiger partial charge < -0.3 is 15.6 Å². The lowest BCUT2D eigenvalue weighted by atomic mass is 9.93. The Morgan fingerprint density at radius 3 is 2.60 bits per heavy atom. The maximum absolute atomic E-state index is 9.25. The molecule has 108 valence electrons. The highest BCUT2D eigenvalue weighted by molar-refractivity contribution is 5.83. The van der Waals surface area contributed by atoms with Crippen molar-refractivity contribution in [3.63, 3.8) is 0 Å². The minimum atomic E-state index is -0.466. The third-order valence-corrected chi connectivity index (χ3v) is 3.83. The summed E-state index contributed by atoms with van der Waals surface area (Å²) in [6.45, 7) is 2.65. The fraction of sp³-hybridized carbons (Fsp3) is 0.412. The molecule has 0 heterocycles. The van der Waals surface area contributed by atoms with Gasteiger partial charge in [-0.25, -0.2) is 0 Å². The van der Waals surface area contributed by atoms with Crippen molar-refractivity contribution in [2.75, 3.05) is 13.2 Å². The molecule has 3 nitrogen and oxygen atoms in total. The van der Waals surface area contributed by atoms with Crippen LogP contribution in [0.1, 0.15) is 26.2 Å². The normalized spacial score (nSPS) is 14.2. The third-order valence-electron chi connectivity index (χ3n) is 3.83. The van der Waals surface area contributed by atoms with E-state index in [1.54, 1.807) is 0 Å². The van der Waals surface area contributed by atoms with Gasteiger partial charge in [-0.05, 0) is 42.2 Å². The minimum Gasteiger partial charge on any atom is -0.494 e. The van der Waals surface area contributed by atoms with Crippen molar-refractivity contribution in [1.29, 1.82) is 0 Å². The first-order valence-electron chi connectivity index (χ1n) is 7.18. The molecule has 0 fully saturated rings. The van der Waals surface area contributed by atoms with E-state index in [4.69, 9.17) is 10.5 Å². The Bertz CT molecular complexity index is 549. The minimum absolute atomic E-state index is 0.0273. The molecule has 2 aromatic rings. The highest BCUT2D eigenvalue weighted by Crippen LogP contribution is 2.21. The van der Waals surface area contributed by atoms with E-state index in [0.29, 0.717) is 6.61 Å². The molecule has 0 aromatic heterocycles. The van der Waals surface area contributed by atoms with Gasteiger partial charge in [0, 0.05) is 5.54 Å². The molecule has 0 aliphatic rings. The van der Waals surface area contributed by atoms with Gasteiger partial charge in [-0.2, -0.15) is 0 Å². The number of benzene rings is 2. The SMILES string of the molecule is CCC(N)(CO)CCCOc1ccc2ccccc2c1. The monoisotopic (exact) mass is 273 g/mol. The van der Waals surface area contributed by atoms with Crippen molar-refractivity contribution in [3.8, 4) is 5.75 Å². The predicted octanol–water partition coefficient (Wildman–Crippen LogP) is 3.10. The van der Waals surface area contributed by atoms with E-state index in [9.17, 15) is 5.11 Å². The molecule has 0 aliphatic carbocycles. The molecule has 0 aliphatic heterocycles. The first-order chi connectivity index (χ1) is 9.67. The molecule has 0 spiro atoms. The Kier molecular flexibility index (Phi) is 4.99. The molecule has 2 aromatic carbocycles. The van der Waals surface area contributed by atoms with Crippen LogP contribution in [0.4, 0.5) is 0 Å². The van der Waals surface area contributed by atoms with E-state index in [1.807, 2.05) is 25.1 Å². The van der Waals surface area contributed by atoms with Crippen molar-refractivity contribution < 1.29 is 9.84 Å². The zero-order valence-electron chi connectivity index (χ0n) is 12.0. The fourth-order valence-electron chi connectivity index (χ4n) is 2.24. The molecule has 20 heavy (non-hydrogen) atoms. The van der Waals surface area contributed by atoms with E-state index in [-0.39, 0.29) is 6.61 Å². The van der Waals surface area contributed by atoms with Gasteiger partial charge in [0.2, 0.25) is 0 Å². The van der Waals surface area contributed by atoms with Gasteiger partial charge in [-0.3, -0.25) is 0 Å². The molecule has 2 rings (SSSR count). The topological polar surface area (TPSA) is 55.5 Å². The number of rotatable bonds is 7. The third kappa shape index (κ3) is 3.71. The van der Waals surface area contributed by atoms with Crippen molar-refractivity contribution in [1.82, 2.24) is 0 Å². The van der Waals surface area contributed by atoms with Crippen molar-refractivity contribution in [2.45, 2.75) is 31.7 Å². The van der Waals surface area contributed by atoms with Crippen LogP contribution in [0.3, 0.4) is 0 Å². The summed E-state index contributed by atoms with van der Waals surface area (Å²) in [7, 11) is 0. The summed E-state index contributed by atoms with van der Waals surface area (Å²) >= 11 is 0. The molecule has 3 N–H and O–H groups in total. The summed E-state index contributed by atoms with van der Waals surface area (Å²) in [5.74, 6) is 0.881. The number of fused-ring (bicyclic) bond motifs is 1. The van der Waals surface area contributed by atoms with Gasteiger partial charge in [0.25, 0.3) is 0 Å². The van der Waals surface area contributed by atoms with Crippen LogP contribution in [0.5, 0.6) is 5.75 Å². The van der Waals surface area contributed by atoms with Gasteiger partial charge in [-0.15, -0.1) is 0 Å². The zero-order valence-corrected chi connectivity index (χ0v) is 12.0. The second-order valence-corrected chi connectivity index (χ2v) is 5.34.